The number of aryl methyl sites for hydroxylation is 2. The summed E-state index contributed by atoms with van der Waals surface area (Å²) in [5.41, 5.74) is 5.72. The Balaban J connectivity index is 2.14. The van der Waals surface area contributed by atoms with Gasteiger partial charge < -0.3 is 5.32 Å². The van der Waals surface area contributed by atoms with Crippen LogP contribution in [-0.2, 0) is 13.0 Å². The fourth-order valence-corrected chi connectivity index (χ4v) is 2.36. The van der Waals surface area contributed by atoms with Crippen LogP contribution in [0.1, 0.15) is 22.5 Å². The second-order valence-corrected chi connectivity index (χ2v) is 4.68. The van der Waals surface area contributed by atoms with Gasteiger partial charge in [-0.3, -0.25) is 4.98 Å². The second kappa shape index (κ2) is 4.46. The lowest BCUT2D eigenvalue weighted by molar-refractivity contribution is 0.622. The third-order valence-electron chi connectivity index (χ3n) is 3.40. The molecule has 0 saturated carbocycles. The molecule has 0 atom stereocenters. The minimum Gasteiger partial charge on any atom is -0.312 e. The van der Waals surface area contributed by atoms with Crippen LogP contribution in [0, 0.1) is 13.8 Å². The molecule has 0 bridgehead atoms. The molecule has 4 heteroatoms. The summed E-state index contributed by atoms with van der Waals surface area (Å²) in [5.74, 6) is 0.827. The molecule has 1 aliphatic rings. The zero-order valence-electron chi connectivity index (χ0n) is 10.7. The number of fused-ring (bicyclic) bond motifs is 1. The number of hydrogen-bond acceptors (Lipinski definition) is 4. The first-order valence-electron chi connectivity index (χ1n) is 6.24. The lowest BCUT2D eigenvalue weighted by Gasteiger charge is -2.19. The molecule has 2 aromatic heterocycles. The summed E-state index contributed by atoms with van der Waals surface area (Å²) in [6, 6.07) is 1.98. The summed E-state index contributed by atoms with van der Waals surface area (Å²) in [5, 5.41) is 3.36. The Morgan fingerprint density at radius 1 is 1.22 bits per heavy atom. The molecule has 0 unspecified atom stereocenters. The molecular weight excluding hydrogens is 224 g/mol. The summed E-state index contributed by atoms with van der Waals surface area (Å²) in [6.45, 7) is 5.99. The van der Waals surface area contributed by atoms with E-state index >= 15 is 0 Å². The monoisotopic (exact) mass is 240 g/mol. The zero-order valence-corrected chi connectivity index (χ0v) is 10.7. The van der Waals surface area contributed by atoms with Crippen LogP contribution in [0.25, 0.3) is 11.4 Å². The van der Waals surface area contributed by atoms with E-state index in [4.69, 9.17) is 4.98 Å². The van der Waals surface area contributed by atoms with Gasteiger partial charge in [-0.25, -0.2) is 9.97 Å². The topological polar surface area (TPSA) is 50.7 Å². The van der Waals surface area contributed by atoms with Crippen molar-refractivity contribution in [3.63, 3.8) is 0 Å². The lowest BCUT2D eigenvalue weighted by atomic mass is 10.0. The fourth-order valence-electron chi connectivity index (χ4n) is 2.36. The molecule has 0 spiro atoms. The van der Waals surface area contributed by atoms with Crippen molar-refractivity contribution in [1.29, 1.82) is 0 Å². The third-order valence-corrected chi connectivity index (χ3v) is 3.40. The van der Waals surface area contributed by atoms with E-state index in [9.17, 15) is 0 Å². The van der Waals surface area contributed by atoms with E-state index in [0.717, 1.165) is 42.2 Å². The first-order valence-corrected chi connectivity index (χ1v) is 6.24. The maximum Gasteiger partial charge on any atom is 0.160 e. The van der Waals surface area contributed by atoms with Gasteiger partial charge in [0.2, 0.25) is 0 Å². The number of rotatable bonds is 1. The highest BCUT2D eigenvalue weighted by atomic mass is 14.9. The van der Waals surface area contributed by atoms with Crippen LogP contribution >= 0.6 is 0 Å². The van der Waals surface area contributed by atoms with E-state index in [1.807, 2.05) is 19.2 Å². The third kappa shape index (κ3) is 1.88. The number of nitrogens with one attached hydrogen (secondary N) is 1. The second-order valence-electron chi connectivity index (χ2n) is 4.68. The van der Waals surface area contributed by atoms with Gasteiger partial charge in [0.15, 0.2) is 5.82 Å². The molecule has 0 amide bonds. The van der Waals surface area contributed by atoms with Crippen LogP contribution in [0.3, 0.4) is 0 Å². The zero-order chi connectivity index (χ0) is 12.5. The van der Waals surface area contributed by atoms with Gasteiger partial charge in [0, 0.05) is 48.7 Å². The average Bonchev–Trinajstić information content (AvgIpc) is 2.39. The molecule has 1 aliphatic heterocycles. The maximum absolute atomic E-state index is 4.73. The Hall–Kier alpha value is -1.81. The van der Waals surface area contributed by atoms with Gasteiger partial charge in [0.1, 0.15) is 0 Å². The summed E-state index contributed by atoms with van der Waals surface area (Å²) < 4.78 is 0. The highest BCUT2D eigenvalue weighted by Crippen LogP contribution is 2.22. The average molecular weight is 240 g/mol. The van der Waals surface area contributed by atoms with E-state index in [-0.39, 0.29) is 0 Å². The van der Waals surface area contributed by atoms with Gasteiger partial charge in [0.25, 0.3) is 0 Å². The van der Waals surface area contributed by atoms with Crippen molar-refractivity contribution in [2.75, 3.05) is 6.54 Å². The number of nitrogens with zero attached hydrogens (tertiary/aromatic N) is 3. The minimum atomic E-state index is 0.827. The van der Waals surface area contributed by atoms with Crippen LogP contribution in [0.15, 0.2) is 18.5 Å². The van der Waals surface area contributed by atoms with Crippen molar-refractivity contribution in [2.24, 2.45) is 0 Å². The van der Waals surface area contributed by atoms with Gasteiger partial charge in [-0.1, -0.05) is 0 Å². The van der Waals surface area contributed by atoms with Crippen molar-refractivity contribution < 1.29 is 0 Å². The largest absolute Gasteiger partial charge is 0.312 e. The molecule has 0 fully saturated rings. The summed E-state index contributed by atoms with van der Waals surface area (Å²) in [4.78, 5) is 13.5. The van der Waals surface area contributed by atoms with E-state index < -0.39 is 0 Å². The van der Waals surface area contributed by atoms with Gasteiger partial charge >= 0.3 is 0 Å². The van der Waals surface area contributed by atoms with Crippen molar-refractivity contribution in [3.8, 4) is 11.4 Å². The maximum atomic E-state index is 4.73. The first kappa shape index (κ1) is 11.3. The molecule has 0 saturated heterocycles. The summed E-state index contributed by atoms with van der Waals surface area (Å²) >= 11 is 0. The SMILES string of the molecule is Cc1cnccc1-c1nc(C)c2c(n1)CCNC2. The standard InChI is InChI=1S/C14H16N4/c1-9-7-15-5-3-11(9)14-17-10(2)12-8-16-6-4-13(12)18-14/h3,5,7,16H,4,6,8H2,1-2H3. The van der Waals surface area contributed by atoms with E-state index in [1.165, 1.54) is 11.3 Å². The Bertz CT molecular complexity index is 592. The molecule has 92 valence electrons. The fraction of sp³-hybridized carbons (Fsp3) is 0.357. The number of hydrogen-bond donors (Lipinski definition) is 1. The smallest absolute Gasteiger partial charge is 0.160 e. The van der Waals surface area contributed by atoms with Crippen LogP contribution < -0.4 is 5.32 Å². The molecular formula is C14H16N4. The van der Waals surface area contributed by atoms with Gasteiger partial charge in [0.05, 0.1) is 5.69 Å². The van der Waals surface area contributed by atoms with Gasteiger partial charge in [-0.2, -0.15) is 0 Å². The van der Waals surface area contributed by atoms with Crippen LogP contribution in [-0.4, -0.2) is 21.5 Å². The summed E-state index contributed by atoms with van der Waals surface area (Å²) in [6.07, 6.45) is 4.63. The lowest BCUT2D eigenvalue weighted by Crippen LogP contribution is -2.26. The Labute approximate surface area is 107 Å². The van der Waals surface area contributed by atoms with Crippen molar-refractivity contribution in [3.05, 3.63) is 41.0 Å². The van der Waals surface area contributed by atoms with Gasteiger partial charge in [-0.05, 0) is 25.5 Å². The Kier molecular flexibility index (Phi) is 2.80. The van der Waals surface area contributed by atoms with E-state index in [1.54, 1.807) is 6.20 Å². The molecule has 1 N–H and O–H groups in total. The highest BCUT2D eigenvalue weighted by Gasteiger charge is 2.16. The normalized spacial score (nSPS) is 14.3. The van der Waals surface area contributed by atoms with Gasteiger partial charge in [-0.15, -0.1) is 0 Å². The molecule has 0 aliphatic carbocycles. The number of pyridine rings is 1. The molecule has 2 aromatic rings. The quantitative estimate of drug-likeness (QED) is 0.825. The Morgan fingerprint density at radius 3 is 2.94 bits per heavy atom. The van der Waals surface area contributed by atoms with Crippen molar-refractivity contribution in [1.82, 2.24) is 20.3 Å². The summed E-state index contributed by atoms with van der Waals surface area (Å²) in [7, 11) is 0. The number of aromatic nitrogens is 3. The van der Waals surface area contributed by atoms with Crippen molar-refractivity contribution in [2.45, 2.75) is 26.8 Å². The highest BCUT2D eigenvalue weighted by molar-refractivity contribution is 5.59. The molecule has 3 heterocycles. The van der Waals surface area contributed by atoms with Crippen LogP contribution in [0.2, 0.25) is 0 Å². The predicted molar refractivity (Wildman–Crippen MR) is 70.1 cm³/mol. The Morgan fingerprint density at radius 2 is 2.11 bits per heavy atom. The van der Waals surface area contributed by atoms with Crippen LogP contribution in [0.4, 0.5) is 0 Å². The molecule has 4 nitrogen and oxygen atoms in total. The minimum absolute atomic E-state index is 0.827. The molecule has 0 aromatic carbocycles. The van der Waals surface area contributed by atoms with Crippen LogP contribution in [0.5, 0.6) is 0 Å². The van der Waals surface area contributed by atoms with E-state index in [0.29, 0.717) is 0 Å². The first-order chi connectivity index (χ1) is 8.75. The molecule has 18 heavy (non-hydrogen) atoms. The van der Waals surface area contributed by atoms with Crippen molar-refractivity contribution >= 4 is 0 Å². The molecule has 3 rings (SSSR count). The predicted octanol–water partition coefficient (Wildman–Crippen LogP) is 1.80. The van der Waals surface area contributed by atoms with E-state index in [2.05, 4.69) is 22.2 Å². The molecule has 0 radical (unpaired) electrons.